The van der Waals surface area contributed by atoms with Crippen LogP contribution < -0.4 is 16.2 Å². The van der Waals surface area contributed by atoms with E-state index in [0.717, 1.165) is 11.6 Å². The molecule has 0 fully saturated rings. The summed E-state index contributed by atoms with van der Waals surface area (Å²) in [7, 11) is 3.26. The van der Waals surface area contributed by atoms with Crippen LogP contribution in [0.3, 0.4) is 0 Å². The van der Waals surface area contributed by atoms with Crippen LogP contribution in [0.5, 0.6) is 0 Å². The molecule has 2 atom stereocenters. The van der Waals surface area contributed by atoms with E-state index in [-0.39, 0.29) is 17.2 Å². The fourth-order valence-electron chi connectivity index (χ4n) is 4.20. The lowest BCUT2D eigenvalue weighted by molar-refractivity contribution is 0.108. The third-order valence-corrected chi connectivity index (χ3v) is 6.11. The first-order valence-electron chi connectivity index (χ1n) is 10.9. The van der Waals surface area contributed by atoms with Gasteiger partial charge in [-0.15, -0.1) is 0 Å². The van der Waals surface area contributed by atoms with Gasteiger partial charge in [-0.1, -0.05) is 24.3 Å². The summed E-state index contributed by atoms with van der Waals surface area (Å²) in [5.41, 5.74) is 0.981. The van der Waals surface area contributed by atoms with E-state index < -0.39 is 23.8 Å². The molecule has 0 radical (unpaired) electrons. The number of aromatic nitrogens is 3. The fourth-order valence-corrected chi connectivity index (χ4v) is 4.20. The predicted octanol–water partition coefficient (Wildman–Crippen LogP) is 3.97. The topological polar surface area (TPSA) is 81.1 Å². The summed E-state index contributed by atoms with van der Waals surface area (Å²) >= 11 is 0. The minimum atomic E-state index is -2.91. The minimum Gasteiger partial charge on any atom is -0.380 e. The molecule has 7 nitrogen and oxygen atoms in total. The van der Waals surface area contributed by atoms with Crippen molar-refractivity contribution in [2.45, 2.75) is 31.9 Å². The zero-order valence-electron chi connectivity index (χ0n) is 19.1. The van der Waals surface area contributed by atoms with Crippen LogP contribution in [0.15, 0.2) is 41.5 Å². The van der Waals surface area contributed by atoms with Crippen LogP contribution in [0.2, 0.25) is 0 Å². The molecule has 1 aliphatic heterocycles. The number of methoxy groups -OCH3 is 1. The third-order valence-electron chi connectivity index (χ3n) is 6.11. The molecule has 180 valence electrons. The van der Waals surface area contributed by atoms with Gasteiger partial charge in [-0.25, -0.2) is 23.1 Å². The lowest BCUT2D eigenvalue weighted by atomic mass is 10.00. The highest BCUT2D eigenvalue weighted by molar-refractivity contribution is 5.89. The molecular weight excluding hydrogens is 447 g/mol. The molecule has 3 aromatic rings. The van der Waals surface area contributed by atoms with E-state index in [0.29, 0.717) is 41.9 Å². The summed E-state index contributed by atoms with van der Waals surface area (Å²) in [6.45, 7) is 2.93. The van der Waals surface area contributed by atoms with Gasteiger partial charge in [0, 0.05) is 44.8 Å². The quantitative estimate of drug-likeness (QED) is 0.564. The summed E-state index contributed by atoms with van der Waals surface area (Å²) in [4.78, 5) is 21.7. The number of hydrogen-bond donors (Lipinski definition) is 2. The normalized spacial score (nSPS) is 17.5. The van der Waals surface area contributed by atoms with Crippen LogP contribution in [0.25, 0.3) is 16.6 Å². The number of benzene rings is 1. The van der Waals surface area contributed by atoms with Crippen LogP contribution in [-0.2, 0) is 11.8 Å². The molecule has 0 aliphatic carbocycles. The molecule has 1 aliphatic rings. The number of nitrogens with one attached hydrogen (secondary N) is 2. The highest BCUT2D eigenvalue weighted by Gasteiger charge is 2.22. The Bertz CT molecular complexity index is 1290. The standard InChI is InChI=1S/C24H26F3N5O2/c1-13(16-5-4-6-17(20(16)25)21(26)27)31-22-19-10-18(14-7-8-28-11-15(9-14)34-3)24(33)32(2)23(19)30-12-29-22/h4-7,10,12-13,15,21,28H,8-9,11H2,1-3H3,(H,29,30,31)/t13-,15-/m1/s1. The number of ether oxygens (including phenoxy) is 1. The largest absolute Gasteiger partial charge is 0.380 e. The van der Waals surface area contributed by atoms with Crippen molar-refractivity contribution < 1.29 is 17.9 Å². The monoisotopic (exact) mass is 473 g/mol. The second kappa shape index (κ2) is 9.94. The fraction of sp³-hybridized carbons (Fsp3) is 0.375. The van der Waals surface area contributed by atoms with E-state index in [1.165, 1.54) is 23.0 Å². The number of pyridine rings is 1. The van der Waals surface area contributed by atoms with E-state index in [4.69, 9.17) is 4.74 Å². The van der Waals surface area contributed by atoms with E-state index in [1.54, 1.807) is 27.1 Å². The van der Waals surface area contributed by atoms with E-state index in [1.807, 2.05) is 6.08 Å². The minimum absolute atomic E-state index is 0.0797. The van der Waals surface area contributed by atoms with Gasteiger partial charge in [0.1, 0.15) is 23.6 Å². The van der Waals surface area contributed by atoms with Crippen molar-refractivity contribution in [3.63, 3.8) is 0 Å². The lowest BCUT2D eigenvalue weighted by Crippen LogP contribution is -2.27. The molecule has 0 spiro atoms. The Morgan fingerprint density at radius 2 is 2.03 bits per heavy atom. The Morgan fingerprint density at radius 1 is 1.26 bits per heavy atom. The number of alkyl halides is 2. The van der Waals surface area contributed by atoms with E-state index >= 15 is 0 Å². The lowest BCUT2D eigenvalue weighted by Gasteiger charge is -2.19. The third kappa shape index (κ3) is 4.55. The number of halogens is 3. The molecule has 0 saturated carbocycles. The highest BCUT2D eigenvalue weighted by atomic mass is 19.3. The molecule has 0 bridgehead atoms. The van der Waals surface area contributed by atoms with Crippen molar-refractivity contribution in [3.8, 4) is 0 Å². The van der Waals surface area contributed by atoms with Crippen molar-refractivity contribution >= 4 is 22.4 Å². The van der Waals surface area contributed by atoms with Crippen LogP contribution in [0.4, 0.5) is 19.0 Å². The van der Waals surface area contributed by atoms with E-state index in [2.05, 4.69) is 20.6 Å². The first-order chi connectivity index (χ1) is 16.3. The van der Waals surface area contributed by atoms with Gasteiger partial charge < -0.3 is 15.4 Å². The van der Waals surface area contributed by atoms with Crippen LogP contribution in [-0.4, -0.2) is 40.8 Å². The maximum absolute atomic E-state index is 14.7. The van der Waals surface area contributed by atoms with E-state index in [9.17, 15) is 18.0 Å². The van der Waals surface area contributed by atoms with Gasteiger partial charge in [-0.2, -0.15) is 0 Å². The molecule has 0 amide bonds. The predicted molar refractivity (Wildman–Crippen MR) is 124 cm³/mol. The van der Waals surface area contributed by atoms with Gasteiger partial charge in [-0.3, -0.25) is 9.36 Å². The van der Waals surface area contributed by atoms with Crippen LogP contribution in [0, 0.1) is 5.82 Å². The number of rotatable bonds is 6. The Balaban J connectivity index is 1.77. The first kappa shape index (κ1) is 23.9. The number of hydrogen-bond acceptors (Lipinski definition) is 6. The Kier molecular flexibility index (Phi) is 6.99. The molecular formula is C24H26F3N5O2. The molecule has 4 rings (SSSR count). The molecule has 10 heteroatoms. The summed E-state index contributed by atoms with van der Waals surface area (Å²) < 4.78 is 48.0. The number of fused-ring (bicyclic) bond motifs is 1. The average molecular weight is 473 g/mol. The molecule has 2 N–H and O–H groups in total. The number of aryl methyl sites for hydroxylation is 1. The van der Waals surface area contributed by atoms with Crippen molar-refractivity contribution in [3.05, 3.63) is 69.5 Å². The zero-order chi connectivity index (χ0) is 24.4. The molecule has 2 aromatic heterocycles. The van der Waals surface area contributed by atoms with Crippen molar-refractivity contribution in [2.24, 2.45) is 7.05 Å². The van der Waals surface area contributed by atoms with Gasteiger partial charge in [0.05, 0.1) is 23.1 Å². The SMILES string of the molecule is CO[C@H]1CNCC=C(c2cc3c(N[C@H](C)c4cccc(C(F)F)c4F)ncnc3n(C)c2=O)C1. The Hall–Kier alpha value is -3.24. The second-order valence-corrected chi connectivity index (χ2v) is 8.25. The van der Waals surface area contributed by atoms with Crippen molar-refractivity contribution in [2.75, 3.05) is 25.5 Å². The van der Waals surface area contributed by atoms with Crippen molar-refractivity contribution in [1.29, 1.82) is 0 Å². The van der Waals surface area contributed by atoms with Gasteiger partial charge in [0.2, 0.25) is 0 Å². The average Bonchev–Trinajstić information content (AvgIpc) is 3.07. The number of nitrogens with zero attached hydrogens (tertiary/aromatic N) is 3. The Labute approximate surface area is 194 Å². The zero-order valence-corrected chi connectivity index (χ0v) is 19.1. The van der Waals surface area contributed by atoms with Crippen LogP contribution in [0.1, 0.15) is 42.5 Å². The summed E-state index contributed by atoms with van der Waals surface area (Å²) in [5.74, 6) is -0.586. The summed E-state index contributed by atoms with van der Waals surface area (Å²) in [6, 6.07) is 4.98. The summed E-state index contributed by atoms with van der Waals surface area (Å²) in [5, 5.41) is 6.93. The Morgan fingerprint density at radius 3 is 2.76 bits per heavy atom. The van der Waals surface area contributed by atoms with Gasteiger partial charge in [0.15, 0.2) is 0 Å². The molecule has 34 heavy (non-hydrogen) atoms. The van der Waals surface area contributed by atoms with Gasteiger partial charge >= 0.3 is 0 Å². The first-order valence-corrected chi connectivity index (χ1v) is 10.9. The smallest absolute Gasteiger partial charge is 0.266 e. The van der Waals surface area contributed by atoms with Gasteiger partial charge in [-0.05, 0) is 18.6 Å². The van der Waals surface area contributed by atoms with Crippen molar-refractivity contribution in [1.82, 2.24) is 19.9 Å². The molecule has 0 saturated heterocycles. The highest BCUT2D eigenvalue weighted by Crippen LogP contribution is 2.31. The second-order valence-electron chi connectivity index (χ2n) is 8.25. The number of anilines is 1. The molecule has 1 aromatic carbocycles. The maximum atomic E-state index is 14.7. The maximum Gasteiger partial charge on any atom is 0.266 e. The summed E-state index contributed by atoms with van der Waals surface area (Å²) in [6.07, 6.45) is 0.832. The molecule has 0 unspecified atom stereocenters. The van der Waals surface area contributed by atoms with Gasteiger partial charge in [0.25, 0.3) is 12.0 Å². The molecule has 3 heterocycles. The van der Waals surface area contributed by atoms with Crippen LogP contribution >= 0.6 is 0 Å².